The quantitative estimate of drug-likeness (QED) is 0.737. The zero-order valence-electron chi connectivity index (χ0n) is 17.3. The van der Waals surface area contributed by atoms with Gasteiger partial charge in [0.1, 0.15) is 0 Å². The van der Waals surface area contributed by atoms with Crippen molar-refractivity contribution in [3.63, 3.8) is 0 Å². The van der Waals surface area contributed by atoms with Crippen LogP contribution in [0.25, 0.3) is 0 Å². The first-order chi connectivity index (χ1) is 12.8. The molecule has 0 unspecified atom stereocenters. The molecule has 5 nitrogen and oxygen atoms in total. The highest BCUT2D eigenvalue weighted by Gasteiger charge is 2.32. The summed E-state index contributed by atoms with van der Waals surface area (Å²) in [6, 6.07) is 10.0. The van der Waals surface area contributed by atoms with E-state index in [0.717, 1.165) is 37.8 Å². The summed E-state index contributed by atoms with van der Waals surface area (Å²) in [5.41, 5.74) is 1.03. The molecule has 0 spiro atoms. The van der Waals surface area contributed by atoms with Crippen LogP contribution in [0.5, 0.6) is 0 Å². The van der Waals surface area contributed by atoms with Crippen LogP contribution in [0.15, 0.2) is 30.3 Å². The highest BCUT2D eigenvalue weighted by Crippen LogP contribution is 2.33. The zero-order chi connectivity index (χ0) is 19.9. The van der Waals surface area contributed by atoms with Gasteiger partial charge in [-0.15, -0.1) is 0 Å². The first-order valence-corrected chi connectivity index (χ1v) is 10.2. The molecule has 3 amide bonds. The molecule has 1 heterocycles. The van der Waals surface area contributed by atoms with Crippen molar-refractivity contribution in [1.29, 1.82) is 0 Å². The minimum Gasteiger partial charge on any atom is -0.356 e. The number of carbonyl (C=O) groups is 2. The largest absolute Gasteiger partial charge is 0.356 e. The van der Waals surface area contributed by atoms with E-state index in [4.69, 9.17) is 0 Å². The van der Waals surface area contributed by atoms with E-state index in [1.165, 1.54) is 0 Å². The van der Waals surface area contributed by atoms with E-state index in [2.05, 4.69) is 50.5 Å². The number of urea groups is 1. The van der Waals surface area contributed by atoms with Gasteiger partial charge in [-0.25, -0.2) is 4.79 Å². The molecule has 1 saturated heterocycles. The highest BCUT2D eigenvalue weighted by molar-refractivity contribution is 5.79. The molecule has 1 aliphatic rings. The van der Waals surface area contributed by atoms with Gasteiger partial charge in [0.25, 0.3) is 0 Å². The molecule has 2 rings (SSSR count). The smallest absolute Gasteiger partial charge is 0.317 e. The maximum atomic E-state index is 12.8. The number of hydrogen-bond donors (Lipinski definition) is 2. The predicted octanol–water partition coefficient (Wildman–Crippen LogP) is 4.11. The van der Waals surface area contributed by atoms with E-state index >= 15 is 0 Å². The maximum absolute atomic E-state index is 12.8. The molecule has 1 aromatic carbocycles. The maximum Gasteiger partial charge on any atom is 0.317 e. The highest BCUT2D eigenvalue weighted by atomic mass is 16.2. The van der Waals surface area contributed by atoms with Crippen molar-refractivity contribution in [2.75, 3.05) is 19.6 Å². The van der Waals surface area contributed by atoms with Crippen LogP contribution in [0.3, 0.4) is 0 Å². The van der Waals surface area contributed by atoms with E-state index in [0.29, 0.717) is 13.1 Å². The van der Waals surface area contributed by atoms with Crippen molar-refractivity contribution in [2.45, 2.75) is 59.4 Å². The molecule has 2 N–H and O–H groups in total. The Morgan fingerprint density at radius 2 is 1.78 bits per heavy atom. The SMILES string of the molecule is CCCCNC(=O)C1CCN(C(=O)N[C@@H](c2ccccc2)C(C)(C)C)CC1. The normalized spacial score (nSPS) is 16.7. The minimum atomic E-state index is -0.0888. The second-order valence-corrected chi connectivity index (χ2v) is 8.57. The van der Waals surface area contributed by atoms with Crippen LogP contribution < -0.4 is 10.6 Å². The lowest BCUT2D eigenvalue weighted by atomic mass is 9.82. The van der Waals surface area contributed by atoms with Crippen molar-refractivity contribution in [1.82, 2.24) is 15.5 Å². The van der Waals surface area contributed by atoms with Crippen molar-refractivity contribution in [3.05, 3.63) is 35.9 Å². The number of carbonyl (C=O) groups excluding carboxylic acids is 2. The Morgan fingerprint density at radius 1 is 1.15 bits per heavy atom. The van der Waals surface area contributed by atoms with Crippen LogP contribution in [-0.4, -0.2) is 36.5 Å². The summed E-state index contributed by atoms with van der Waals surface area (Å²) < 4.78 is 0. The summed E-state index contributed by atoms with van der Waals surface area (Å²) >= 11 is 0. The summed E-state index contributed by atoms with van der Waals surface area (Å²) in [4.78, 5) is 26.9. The average Bonchev–Trinajstić information content (AvgIpc) is 2.66. The van der Waals surface area contributed by atoms with Crippen LogP contribution >= 0.6 is 0 Å². The standard InChI is InChI=1S/C22H35N3O2/c1-5-6-14-23-20(26)18-12-15-25(16-13-18)21(27)24-19(22(2,3)4)17-10-8-7-9-11-17/h7-11,18-19H,5-6,12-16H2,1-4H3,(H,23,26)(H,24,27)/t19-/m0/s1. The summed E-state index contributed by atoms with van der Waals surface area (Å²) in [5, 5.41) is 6.23. The number of rotatable bonds is 6. The van der Waals surface area contributed by atoms with E-state index in [1.54, 1.807) is 0 Å². The number of unbranched alkanes of at least 4 members (excludes halogenated alkanes) is 1. The monoisotopic (exact) mass is 373 g/mol. The van der Waals surface area contributed by atoms with E-state index in [-0.39, 0.29) is 29.3 Å². The minimum absolute atomic E-state index is 0.0263. The summed E-state index contributed by atoms with van der Waals surface area (Å²) in [7, 11) is 0. The molecule has 1 aliphatic heterocycles. The summed E-state index contributed by atoms with van der Waals surface area (Å²) in [5.74, 6) is 0.166. The van der Waals surface area contributed by atoms with Gasteiger partial charge >= 0.3 is 6.03 Å². The summed E-state index contributed by atoms with van der Waals surface area (Å²) in [6.07, 6.45) is 3.56. The number of nitrogens with one attached hydrogen (secondary N) is 2. The fourth-order valence-corrected chi connectivity index (χ4v) is 3.54. The average molecular weight is 374 g/mol. The molecule has 5 heteroatoms. The van der Waals surface area contributed by atoms with Crippen LogP contribution in [0, 0.1) is 11.3 Å². The Balaban J connectivity index is 1.90. The van der Waals surface area contributed by atoms with Gasteiger partial charge in [-0.2, -0.15) is 0 Å². The van der Waals surface area contributed by atoms with Gasteiger partial charge < -0.3 is 15.5 Å². The second-order valence-electron chi connectivity index (χ2n) is 8.57. The lowest BCUT2D eigenvalue weighted by Crippen LogP contribution is -2.49. The molecule has 0 aliphatic carbocycles. The molecule has 1 atom stereocenters. The Labute approximate surface area is 163 Å². The number of hydrogen-bond acceptors (Lipinski definition) is 2. The molecule has 1 aromatic rings. The Hall–Kier alpha value is -2.04. The molecule has 150 valence electrons. The molecule has 1 fully saturated rings. The molecule has 0 saturated carbocycles. The van der Waals surface area contributed by atoms with E-state index in [1.807, 2.05) is 23.1 Å². The Bertz CT molecular complexity index is 602. The molecule has 27 heavy (non-hydrogen) atoms. The van der Waals surface area contributed by atoms with Crippen LogP contribution in [0.4, 0.5) is 4.79 Å². The van der Waals surface area contributed by atoms with Crippen LogP contribution in [-0.2, 0) is 4.79 Å². The van der Waals surface area contributed by atoms with E-state index < -0.39 is 0 Å². The molecule has 0 radical (unpaired) electrons. The third-order valence-electron chi connectivity index (χ3n) is 5.25. The zero-order valence-corrected chi connectivity index (χ0v) is 17.3. The molecular weight excluding hydrogens is 338 g/mol. The van der Waals surface area contributed by atoms with Crippen LogP contribution in [0.1, 0.15) is 65.0 Å². The fourth-order valence-electron chi connectivity index (χ4n) is 3.54. The number of amides is 3. The van der Waals surface area contributed by atoms with Gasteiger partial charge in [0.15, 0.2) is 0 Å². The van der Waals surface area contributed by atoms with Crippen molar-refractivity contribution in [3.8, 4) is 0 Å². The topological polar surface area (TPSA) is 61.4 Å². The lowest BCUT2D eigenvalue weighted by Gasteiger charge is -2.36. The third kappa shape index (κ3) is 6.26. The number of piperidine rings is 1. The van der Waals surface area contributed by atoms with Crippen molar-refractivity contribution < 1.29 is 9.59 Å². The number of benzene rings is 1. The molecule has 0 aromatic heterocycles. The van der Waals surface area contributed by atoms with Gasteiger partial charge in [0.2, 0.25) is 5.91 Å². The van der Waals surface area contributed by atoms with Gasteiger partial charge in [-0.3, -0.25) is 4.79 Å². The second kappa shape index (κ2) is 9.77. The first-order valence-electron chi connectivity index (χ1n) is 10.2. The Kier molecular flexibility index (Phi) is 7.69. The van der Waals surface area contributed by atoms with Crippen molar-refractivity contribution >= 4 is 11.9 Å². The Morgan fingerprint density at radius 3 is 2.33 bits per heavy atom. The number of nitrogens with zero attached hydrogens (tertiary/aromatic N) is 1. The lowest BCUT2D eigenvalue weighted by molar-refractivity contribution is -0.126. The van der Waals surface area contributed by atoms with Crippen molar-refractivity contribution in [2.24, 2.45) is 11.3 Å². The van der Waals surface area contributed by atoms with Gasteiger partial charge in [-0.05, 0) is 30.2 Å². The molecular formula is C22H35N3O2. The van der Waals surface area contributed by atoms with Crippen LogP contribution in [0.2, 0.25) is 0 Å². The fraction of sp³-hybridized carbons (Fsp3) is 0.636. The predicted molar refractivity (Wildman–Crippen MR) is 109 cm³/mol. The third-order valence-corrected chi connectivity index (χ3v) is 5.25. The van der Waals surface area contributed by atoms with E-state index in [9.17, 15) is 9.59 Å². The van der Waals surface area contributed by atoms with Gasteiger partial charge in [-0.1, -0.05) is 64.4 Å². The first kappa shape index (κ1) is 21.3. The number of likely N-dealkylation sites (tertiary alicyclic amines) is 1. The molecule has 0 bridgehead atoms. The summed E-state index contributed by atoms with van der Waals surface area (Å²) in [6.45, 7) is 10.5. The van der Waals surface area contributed by atoms with Gasteiger partial charge in [0.05, 0.1) is 6.04 Å². The van der Waals surface area contributed by atoms with Gasteiger partial charge in [0, 0.05) is 25.6 Å².